The van der Waals surface area contributed by atoms with Crippen molar-refractivity contribution in [1.82, 2.24) is 14.7 Å². The molecule has 1 amide bonds. The van der Waals surface area contributed by atoms with Gasteiger partial charge in [-0.25, -0.2) is 9.07 Å². The Morgan fingerprint density at radius 3 is 2.58 bits per heavy atom. The highest BCUT2D eigenvalue weighted by Gasteiger charge is 2.43. The van der Waals surface area contributed by atoms with Gasteiger partial charge in [0, 0.05) is 16.8 Å². The summed E-state index contributed by atoms with van der Waals surface area (Å²) in [5, 5.41) is 3.96. The molecule has 0 bridgehead atoms. The highest BCUT2D eigenvalue weighted by Crippen LogP contribution is 2.43. The smallest absolute Gasteiger partial charge is 0.284 e. The molecule has 0 spiro atoms. The van der Waals surface area contributed by atoms with Gasteiger partial charge in [0.05, 0.1) is 17.3 Å². The highest BCUT2D eigenvalue weighted by atomic mass is 35.5. The van der Waals surface area contributed by atoms with Crippen molar-refractivity contribution in [2.45, 2.75) is 65.0 Å². The van der Waals surface area contributed by atoms with Crippen molar-refractivity contribution >= 4 is 29.1 Å². The van der Waals surface area contributed by atoms with E-state index < -0.39 is 11.5 Å². The van der Waals surface area contributed by atoms with E-state index in [1.54, 1.807) is 35.0 Å². The number of hydrogen-bond acceptors (Lipinski definition) is 2. The first kappa shape index (κ1) is 26.5. The van der Waals surface area contributed by atoms with E-state index >= 15 is 0 Å². The first-order chi connectivity index (χ1) is 17.2. The van der Waals surface area contributed by atoms with Crippen LogP contribution in [0.1, 0.15) is 68.8 Å². The van der Waals surface area contributed by atoms with Gasteiger partial charge in [-0.1, -0.05) is 68.9 Å². The van der Waals surface area contributed by atoms with Gasteiger partial charge in [0.1, 0.15) is 11.4 Å². The fraction of sp³-hybridized carbons (Fsp3) is 0.429. The molecule has 1 heterocycles. The van der Waals surface area contributed by atoms with E-state index in [9.17, 15) is 14.0 Å². The Morgan fingerprint density at radius 1 is 1.17 bits per heavy atom. The summed E-state index contributed by atoms with van der Waals surface area (Å²) in [6, 6.07) is 11.0. The fourth-order valence-electron chi connectivity index (χ4n) is 5.76. The summed E-state index contributed by atoms with van der Waals surface area (Å²) in [7, 11) is 0. The Morgan fingerprint density at radius 2 is 1.94 bits per heavy atom. The van der Waals surface area contributed by atoms with E-state index in [-0.39, 0.29) is 28.5 Å². The summed E-state index contributed by atoms with van der Waals surface area (Å²) < 4.78 is 16.8. The monoisotopic (exact) mass is 531 g/mol. The molecule has 1 fully saturated rings. The van der Waals surface area contributed by atoms with Crippen molar-refractivity contribution in [3.05, 3.63) is 86.0 Å². The van der Waals surface area contributed by atoms with E-state index in [2.05, 4.69) is 26.1 Å². The van der Waals surface area contributed by atoms with Crippen LogP contribution in [0.5, 0.6) is 0 Å². The summed E-state index contributed by atoms with van der Waals surface area (Å²) in [4.78, 5) is 27.3. The minimum atomic E-state index is -0.488. The number of nitrogens with one attached hydrogen (secondary N) is 1. The van der Waals surface area contributed by atoms with Gasteiger partial charge in [-0.2, -0.15) is 0 Å². The van der Waals surface area contributed by atoms with Gasteiger partial charge >= 0.3 is 0 Å². The second kappa shape index (κ2) is 10.8. The van der Waals surface area contributed by atoms with Gasteiger partial charge in [-0.05, 0) is 67.0 Å². The number of carbonyl (C=O) groups is 1. The number of nitrogens with zero attached hydrogens (tertiary/aromatic N) is 2. The van der Waals surface area contributed by atoms with E-state index in [0.29, 0.717) is 28.1 Å². The van der Waals surface area contributed by atoms with Crippen LogP contribution in [0.15, 0.2) is 53.5 Å². The normalized spacial score (nSPS) is 21.6. The third kappa shape index (κ3) is 5.40. The summed E-state index contributed by atoms with van der Waals surface area (Å²) in [6.45, 7) is 6.71. The fourth-order valence-corrected chi connectivity index (χ4v) is 6.25. The zero-order valence-electron chi connectivity index (χ0n) is 20.9. The van der Waals surface area contributed by atoms with E-state index in [1.165, 1.54) is 23.0 Å². The lowest BCUT2D eigenvalue weighted by Crippen LogP contribution is -2.47. The first-order valence-corrected chi connectivity index (χ1v) is 13.3. The van der Waals surface area contributed by atoms with Crippen LogP contribution in [0.2, 0.25) is 10.0 Å². The molecule has 1 N–H and O–H groups in total. The minimum Gasteiger partial charge on any atom is -0.346 e. The third-order valence-corrected chi connectivity index (χ3v) is 7.91. The Labute approximate surface area is 221 Å². The predicted octanol–water partition coefficient (Wildman–Crippen LogP) is 6.86. The number of carbonyl (C=O) groups excluding carboxylic acids is 1. The van der Waals surface area contributed by atoms with Crippen LogP contribution in [0.4, 0.5) is 4.39 Å². The van der Waals surface area contributed by atoms with Crippen molar-refractivity contribution in [3.63, 3.8) is 0 Å². The molecule has 8 heteroatoms. The van der Waals surface area contributed by atoms with E-state index in [0.717, 1.165) is 32.1 Å². The molecule has 1 aliphatic rings. The largest absolute Gasteiger partial charge is 0.346 e. The first-order valence-electron chi connectivity index (χ1n) is 12.5. The molecule has 3 unspecified atom stereocenters. The molecule has 1 saturated carbocycles. The molecule has 3 atom stereocenters. The van der Waals surface area contributed by atoms with Crippen LogP contribution in [-0.4, -0.2) is 20.8 Å². The zero-order chi connectivity index (χ0) is 26.0. The maximum Gasteiger partial charge on any atom is 0.284 e. The molecule has 0 aliphatic heterocycles. The van der Waals surface area contributed by atoms with Gasteiger partial charge in [0.25, 0.3) is 11.5 Å². The van der Waals surface area contributed by atoms with E-state index in [4.69, 9.17) is 23.2 Å². The van der Waals surface area contributed by atoms with Crippen molar-refractivity contribution in [2.75, 3.05) is 0 Å². The van der Waals surface area contributed by atoms with Crippen molar-refractivity contribution in [2.24, 2.45) is 11.8 Å². The molecule has 1 aliphatic carbocycles. The quantitative estimate of drug-likeness (QED) is 0.345. The van der Waals surface area contributed by atoms with Gasteiger partial charge in [0.15, 0.2) is 0 Å². The SMILES string of the molecule is CCCC1(NC(=O)c2cn(Cc3cccc(F)c3)n(-c3ccc(Cl)cc3Cl)c2=O)CC(C)C(CC)C1. The molecular formula is C28H32Cl2FN3O2. The molecule has 1 aromatic heterocycles. The van der Waals surface area contributed by atoms with Gasteiger partial charge < -0.3 is 5.32 Å². The second-order valence-corrected chi connectivity index (χ2v) is 10.9. The van der Waals surface area contributed by atoms with E-state index in [1.807, 2.05) is 0 Å². The topological polar surface area (TPSA) is 56.0 Å². The standard InChI is InChI=1S/C28H32Cl2FN3O2/c1-4-11-28(14-18(3)20(5-2)15-28)32-26(35)23-17-33(16-19-7-6-8-22(31)12-19)34(27(23)36)25-10-9-21(29)13-24(25)30/h6-10,12-13,17-18,20H,4-5,11,14-16H2,1-3H3,(H,32,35). The van der Waals surface area contributed by atoms with Crippen LogP contribution in [0, 0.1) is 17.7 Å². The molecule has 0 radical (unpaired) electrons. The Balaban J connectivity index is 1.76. The maximum absolute atomic E-state index is 13.9. The molecular weight excluding hydrogens is 500 g/mol. The lowest BCUT2D eigenvalue weighted by atomic mass is 9.89. The van der Waals surface area contributed by atoms with Crippen LogP contribution in [-0.2, 0) is 6.54 Å². The summed E-state index contributed by atoms with van der Waals surface area (Å²) in [6.07, 6.45) is 6.20. The Bertz CT molecular complexity index is 1320. The number of benzene rings is 2. The third-order valence-electron chi connectivity index (χ3n) is 7.38. The van der Waals surface area contributed by atoms with Crippen molar-refractivity contribution < 1.29 is 9.18 Å². The summed E-state index contributed by atoms with van der Waals surface area (Å²) >= 11 is 12.5. The maximum atomic E-state index is 13.9. The molecule has 3 aromatic rings. The van der Waals surface area contributed by atoms with Gasteiger partial charge in [0.2, 0.25) is 0 Å². The number of halogens is 3. The number of rotatable bonds is 8. The van der Waals surface area contributed by atoms with Crippen molar-refractivity contribution in [3.8, 4) is 5.69 Å². The minimum absolute atomic E-state index is 0.0282. The van der Waals surface area contributed by atoms with Gasteiger partial charge in [-0.3, -0.25) is 14.3 Å². The average molecular weight is 532 g/mol. The number of amides is 1. The summed E-state index contributed by atoms with van der Waals surface area (Å²) in [5.74, 6) is 0.274. The summed E-state index contributed by atoms with van der Waals surface area (Å²) in [5.41, 5.74) is 0.253. The number of hydrogen-bond donors (Lipinski definition) is 1. The highest BCUT2D eigenvalue weighted by molar-refractivity contribution is 6.35. The molecule has 4 rings (SSSR count). The van der Waals surface area contributed by atoms with Crippen LogP contribution < -0.4 is 10.9 Å². The molecule has 0 saturated heterocycles. The molecule has 36 heavy (non-hydrogen) atoms. The average Bonchev–Trinajstić information content (AvgIpc) is 3.30. The number of aromatic nitrogens is 2. The lowest BCUT2D eigenvalue weighted by molar-refractivity contribution is 0.0889. The van der Waals surface area contributed by atoms with Crippen LogP contribution >= 0.6 is 23.2 Å². The van der Waals surface area contributed by atoms with Crippen LogP contribution in [0.25, 0.3) is 5.69 Å². The second-order valence-electron chi connectivity index (χ2n) is 10.0. The molecule has 5 nitrogen and oxygen atoms in total. The molecule has 192 valence electrons. The van der Waals surface area contributed by atoms with Crippen LogP contribution in [0.3, 0.4) is 0 Å². The molecule has 2 aromatic carbocycles. The Hall–Kier alpha value is -2.57. The lowest BCUT2D eigenvalue weighted by Gasteiger charge is -2.30. The van der Waals surface area contributed by atoms with Crippen molar-refractivity contribution in [1.29, 1.82) is 0 Å². The van der Waals surface area contributed by atoms with Gasteiger partial charge in [-0.15, -0.1) is 0 Å². The Kier molecular flexibility index (Phi) is 7.96. The zero-order valence-corrected chi connectivity index (χ0v) is 22.4. The predicted molar refractivity (Wildman–Crippen MR) is 143 cm³/mol.